The van der Waals surface area contributed by atoms with Crippen molar-refractivity contribution in [3.8, 4) is 0 Å². The molecule has 4 unspecified atom stereocenters. The molecular formula is C18H32O4. The van der Waals surface area contributed by atoms with Gasteiger partial charge in [-0.25, -0.2) is 0 Å². The Hall–Kier alpha value is -0.610. The first-order chi connectivity index (χ1) is 9.74. The molecule has 0 aromatic rings. The maximum atomic E-state index is 12.6. The lowest BCUT2D eigenvalue weighted by Gasteiger charge is -2.50. The SMILES string of the molecule is CC1(O)CC2CC(OC(=O)C(C)(C)C(C)(C)C)CC(O)(C2)C1. The van der Waals surface area contributed by atoms with E-state index >= 15 is 0 Å². The largest absolute Gasteiger partial charge is 0.462 e. The van der Waals surface area contributed by atoms with Gasteiger partial charge in [0.1, 0.15) is 6.10 Å². The van der Waals surface area contributed by atoms with Gasteiger partial charge in [0.05, 0.1) is 16.6 Å². The highest BCUT2D eigenvalue weighted by Crippen LogP contribution is 2.48. The van der Waals surface area contributed by atoms with Crippen molar-refractivity contribution < 1.29 is 19.7 Å². The highest BCUT2D eigenvalue weighted by atomic mass is 16.5. The molecule has 22 heavy (non-hydrogen) atoms. The first kappa shape index (κ1) is 17.7. The van der Waals surface area contributed by atoms with Gasteiger partial charge >= 0.3 is 5.97 Å². The predicted octanol–water partition coefficient (Wildman–Crippen LogP) is 3.05. The molecule has 0 radical (unpaired) electrons. The normalized spacial score (nSPS) is 39.5. The van der Waals surface area contributed by atoms with E-state index in [-0.39, 0.29) is 23.4 Å². The Bertz CT molecular complexity index is 444. The number of aliphatic hydroxyl groups is 2. The van der Waals surface area contributed by atoms with E-state index in [4.69, 9.17) is 4.74 Å². The predicted molar refractivity (Wildman–Crippen MR) is 85.3 cm³/mol. The maximum absolute atomic E-state index is 12.6. The first-order valence-corrected chi connectivity index (χ1v) is 8.40. The van der Waals surface area contributed by atoms with Gasteiger partial charge in [-0.2, -0.15) is 0 Å². The molecule has 0 aromatic heterocycles. The second-order valence-electron chi connectivity index (χ2n) is 9.51. The third-order valence-corrected chi connectivity index (χ3v) is 5.97. The molecular weight excluding hydrogens is 280 g/mol. The van der Waals surface area contributed by atoms with Gasteiger partial charge in [-0.05, 0) is 51.4 Å². The molecule has 2 saturated carbocycles. The van der Waals surface area contributed by atoms with Crippen LogP contribution in [0, 0.1) is 16.7 Å². The fourth-order valence-corrected chi connectivity index (χ4v) is 3.98. The summed E-state index contributed by atoms with van der Waals surface area (Å²) in [5.74, 6) is 0.0263. The number of ether oxygens (including phenoxy) is 1. The summed E-state index contributed by atoms with van der Waals surface area (Å²) in [5, 5.41) is 21.0. The van der Waals surface area contributed by atoms with E-state index in [1.807, 2.05) is 34.6 Å². The molecule has 0 aromatic carbocycles. The topological polar surface area (TPSA) is 66.8 Å². The van der Waals surface area contributed by atoms with Crippen LogP contribution >= 0.6 is 0 Å². The monoisotopic (exact) mass is 312 g/mol. The smallest absolute Gasteiger partial charge is 0.312 e. The van der Waals surface area contributed by atoms with Crippen molar-refractivity contribution in [2.24, 2.45) is 16.7 Å². The van der Waals surface area contributed by atoms with E-state index in [1.54, 1.807) is 6.92 Å². The standard InChI is InChI=1S/C18H32O4/c1-15(2,3)16(4,5)14(19)22-13-7-12-8-17(6,20)11-18(21,9-12)10-13/h12-13,20-21H,7-11H2,1-6H3. The summed E-state index contributed by atoms with van der Waals surface area (Å²) in [6.07, 6.45) is 2.68. The number of esters is 1. The van der Waals surface area contributed by atoms with Gasteiger partial charge in [-0.15, -0.1) is 0 Å². The molecule has 2 aliphatic rings. The van der Waals surface area contributed by atoms with E-state index in [0.717, 1.165) is 6.42 Å². The zero-order valence-electron chi connectivity index (χ0n) is 14.9. The Morgan fingerprint density at radius 1 is 1.09 bits per heavy atom. The van der Waals surface area contributed by atoms with E-state index in [9.17, 15) is 15.0 Å². The highest BCUT2D eigenvalue weighted by Gasteiger charge is 2.51. The van der Waals surface area contributed by atoms with E-state index in [0.29, 0.717) is 25.7 Å². The fourth-order valence-electron chi connectivity index (χ4n) is 3.98. The van der Waals surface area contributed by atoms with Crippen LogP contribution in [0.3, 0.4) is 0 Å². The third-order valence-electron chi connectivity index (χ3n) is 5.97. The van der Waals surface area contributed by atoms with Crippen LogP contribution in [0.5, 0.6) is 0 Å². The average molecular weight is 312 g/mol. The second kappa shape index (κ2) is 5.20. The van der Waals surface area contributed by atoms with Crippen LogP contribution in [0.25, 0.3) is 0 Å². The molecule has 4 atom stereocenters. The van der Waals surface area contributed by atoms with Crippen molar-refractivity contribution >= 4 is 5.97 Å². The van der Waals surface area contributed by atoms with Crippen molar-refractivity contribution in [2.45, 2.75) is 91.0 Å². The van der Waals surface area contributed by atoms with Gasteiger partial charge in [0.15, 0.2) is 0 Å². The number of rotatable bonds is 2. The van der Waals surface area contributed by atoms with Crippen LogP contribution < -0.4 is 0 Å². The van der Waals surface area contributed by atoms with Crippen LogP contribution in [-0.2, 0) is 9.53 Å². The molecule has 0 heterocycles. The van der Waals surface area contributed by atoms with Gasteiger partial charge in [0.25, 0.3) is 0 Å². The van der Waals surface area contributed by atoms with Gasteiger partial charge < -0.3 is 14.9 Å². The van der Waals surface area contributed by atoms with Crippen molar-refractivity contribution in [1.82, 2.24) is 0 Å². The molecule has 4 nitrogen and oxygen atoms in total. The number of hydrogen-bond donors (Lipinski definition) is 2. The Labute approximate surface area is 134 Å². The van der Waals surface area contributed by atoms with Gasteiger partial charge in [0.2, 0.25) is 0 Å². The molecule has 2 aliphatic carbocycles. The molecule has 0 saturated heterocycles. The Kier molecular flexibility index (Phi) is 4.19. The van der Waals surface area contributed by atoms with E-state index < -0.39 is 16.6 Å². The molecule has 0 aliphatic heterocycles. The lowest BCUT2D eigenvalue weighted by Crippen LogP contribution is -2.54. The minimum absolute atomic E-state index is 0.185. The lowest BCUT2D eigenvalue weighted by molar-refractivity contribution is -0.187. The number of fused-ring (bicyclic) bond motifs is 2. The van der Waals surface area contributed by atoms with Crippen molar-refractivity contribution in [3.63, 3.8) is 0 Å². The summed E-state index contributed by atoms with van der Waals surface area (Å²) in [4.78, 5) is 12.6. The quantitative estimate of drug-likeness (QED) is 0.769. The molecule has 2 rings (SSSR count). The minimum Gasteiger partial charge on any atom is -0.462 e. The molecule has 2 bridgehead atoms. The molecule has 0 amide bonds. The van der Waals surface area contributed by atoms with Crippen LogP contribution in [0.2, 0.25) is 0 Å². The second-order valence-corrected chi connectivity index (χ2v) is 9.51. The van der Waals surface area contributed by atoms with E-state index in [2.05, 4.69) is 0 Å². The van der Waals surface area contributed by atoms with Gasteiger partial charge in [-0.3, -0.25) is 4.79 Å². The summed E-state index contributed by atoms with van der Waals surface area (Å²) in [7, 11) is 0. The van der Waals surface area contributed by atoms with Crippen LogP contribution in [0.1, 0.15) is 73.6 Å². The molecule has 2 N–H and O–H groups in total. The van der Waals surface area contributed by atoms with Crippen molar-refractivity contribution in [1.29, 1.82) is 0 Å². The Morgan fingerprint density at radius 3 is 2.18 bits per heavy atom. The van der Waals surface area contributed by atoms with Crippen molar-refractivity contribution in [3.05, 3.63) is 0 Å². The van der Waals surface area contributed by atoms with Gasteiger partial charge in [0, 0.05) is 12.8 Å². The summed E-state index contributed by atoms with van der Waals surface area (Å²) >= 11 is 0. The lowest BCUT2D eigenvalue weighted by atomic mass is 9.63. The zero-order valence-corrected chi connectivity index (χ0v) is 14.9. The van der Waals surface area contributed by atoms with Crippen molar-refractivity contribution in [2.75, 3.05) is 0 Å². The third kappa shape index (κ3) is 3.48. The van der Waals surface area contributed by atoms with Crippen LogP contribution in [0.4, 0.5) is 0 Å². The fraction of sp³-hybridized carbons (Fsp3) is 0.944. The average Bonchev–Trinajstić information content (AvgIpc) is 2.21. The zero-order chi connectivity index (χ0) is 17.0. The number of carbonyl (C=O) groups excluding carboxylic acids is 1. The summed E-state index contributed by atoms with van der Waals surface area (Å²) in [5.41, 5.74) is -2.47. The Balaban J connectivity index is 2.06. The Morgan fingerprint density at radius 2 is 1.68 bits per heavy atom. The highest BCUT2D eigenvalue weighted by molar-refractivity contribution is 5.77. The molecule has 0 spiro atoms. The van der Waals surface area contributed by atoms with Crippen LogP contribution in [0.15, 0.2) is 0 Å². The van der Waals surface area contributed by atoms with E-state index in [1.165, 1.54) is 0 Å². The number of hydrogen-bond acceptors (Lipinski definition) is 4. The van der Waals surface area contributed by atoms with Gasteiger partial charge in [-0.1, -0.05) is 20.8 Å². The summed E-state index contributed by atoms with van der Waals surface area (Å²) in [6.45, 7) is 11.7. The minimum atomic E-state index is -0.901. The first-order valence-electron chi connectivity index (χ1n) is 8.40. The summed E-state index contributed by atoms with van der Waals surface area (Å²) < 4.78 is 5.77. The molecule has 4 heteroatoms. The maximum Gasteiger partial charge on any atom is 0.312 e. The van der Waals surface area contributed by atoms with Crippen LogP contribution in [-0.4, -0.2) is 33.5 Å². The summed E-state index contributed by atoms with van der Waals surface area (Å²) in [6, 6.07) is 0. The molecule has 2 fully saturated rings. The number of carbonyl (C=O) groups is 1. The molecule has 128 valence electrons.